The summed E-state index contributed by atoms with van der Waals surface area (Å²) >= 11 is 0. The van der Waals surface area contributed by atoms with Crippen molar-refractivity contribution in [3.05, 3.63) is 57.8 Å². The van der Waals surface area contributed by atoms with Crippen molar-refractivity contribution >= 4 is 17.4 Å². The number of hydrogen-bond acceptors (Lipinski definition) is 5. The molecule has 0 bridgehead atoms. The van der Waals surface area contributed by atoms with Crippen LogP contribution in [0.5, 0.6) is 0 Å². The molecule has 0 aliphatic heterocycles. The first-order chi connectivity index (χ1) is 9.49. The fraction of sp³-hybridized carbons (Fsp3) is 0. The van der Waals surface area contributed by atoms with Crippen molar-refractivity contribution in [1.82, 2.24) is 10.2 Å². The number of nitro benzene ring substituents is 1. The molecule has 0 aliphatic rings. The number of nitrogens with one attached hydrogen (secondary N) is 1. The van der Waals surface area contributed by atoms with Gasteiger partial charge in [0, 0.05) is 6.20 Å². The number of anilines is 1. The van der Waals surface area contributed by atoms with Gasteiger partial charge in [0.2, 0.25) is 5.82 Å². The van der Waals surface area contributed by atoms with Gasteiger partial charge in [-0.3, -0.25) is 14.9 Å². The Morgan fingerprint density at radius 2 is 2.10 bits per heavy atom. The predicted molar refractivity (Wildman–Crippen MR) is 63.0 cm³/mol. The molecule has 2 aromatic rings. The summed E-state index contributed by atoms with van der Waals surface area (Å²) in [5, 5.41) is 19.7. The number of aromatic nitrogens is 2. The molecule has 0 unspecified atom stereocenters. The first-order valence-corrected chi connectivity index (χ1v) is 5.21. The molecule has 0 radical (unpaired) electrons. The van der Waals surface area contributed by atoms with Gasteiger partial charge in [0.1, 0.15) is 5.82 Å². The molecule has 1 N–H and O–H groups in total. The molecule has 0 atom stereocenters. The molecule has 1 heterocycles. The van der Waals surface area contributed by atoms with Crippen LogP contribution in [0.25, 0.3) is 0 Å². The van der Waals surface area contributed by atoms with Gasteiger partial charge in [-0.2, -0.15) is 9.49 Å². The highest BCUT2D eigenvalue weighted by Gasteiger charge is 2.24. The zero-order valence-electron chi connectivity index (χ0n) is 9.71. The third-order valence-electron chi connectivity index (χ3n) is 2.27. The van der Waals surface area contributed by atoms with Crippen LogP contribution in [-0.2, 0) is 0 Å². The molecule has 0 fully saturated rings. The summed E-state index contributed by atoms with van der Waals surface area (Å²) in [5.41, 5.74) is -1.91. The van der Waals surface area contributed by atoms with Crippen LogP contribution < -0.4 is 5.32 Å². The van der Waals surface area contributed by atoms with E-state index in [0.717, 1.165) is 0 Å². The van der Waals surface area contributed by atoms with Gasteiger partial charge >= 0.3 is 5.69 Å². The highest BCUT2D eigenvalue weighted by molar-refractivity contribution is 6.04. The van der Waals surface area contributed by atoms with Crippen LogP contribution in [0.1, 0.15) is 10.4 Å². The zero-order valence-corrected chi connectivity index (χ0v) is 9.71. The standard InChI is InChI=1S/C11H6F2N4O3/c12-6-4-7(10(13)8(5-6)17(19)20)11(18)15-9-2-1-3-14-16-9/h1-5H,(H,15,16,18). The molecule has 1 aromatic heterocycles. The van der Waals surface area contributed by atoms with Crippen LogP contribution in [0.3, 0.4) is 0 Å². The number of carbonyl (C=O) groups is 1. The van der Waals surface area contributed by atoms with Crippen LogP contribution in [0, 0.1) is 21.7 Å². The van der Waals surface area contributed by atoms with Gasteiger partial charge in [0.05, 0.1) is 16.6 Å². The van der Waals surface area contributed by atoms with Crippen molar-refractivity contribution in [3.8, 4) is 0 Å². The van der Waals surface area contributed by atoms with Gasteiger partial charge in [-0.05, 0) is 18.2 Å². The topological polar surface area (TPSA) is 98.0 Å². The van der Waals surface area contributed by atoms with Gasteiger partial charge in [-0.1, -0.05) is 0 Å². The first-order valence-electron chi connectivity index (χ1n) is 5.21. The zero-order chi connectivity index (χ0) is 14.7. The minimum absolute atomic E-state index is 0.00353. The second-order valence-electron chi connectivity index (χ2n) is 3.61. The van der Waals surface area contributed by atoms with Gasteiger partial charge in [-0.25, -0.2) is 4.39 Å². The van der Waals surface area contributed by atoms with Gasteiger partial charge in [0.25, 0.3) is 5.91 Å². The van der Waals surface area contributed by atoms with Crippen LogP contribution in [-0.4, -0.2) is 21.0 Å². The minimum atomic E-state index is -1.42. The van der Waals surface area contributed by atoms with Crippen LogP contribution >= 0.6 is 0 Å². The van der Waals surface area contributed by atoms with Crippen molar-refractivity contribution in [1.29, 1.82) is 0 Å². The lowest BCUT2D eigenvalue weighted by Gasteiger charge is -2.05. The SMILES string of the molecule is O=C(Nc1cccnn1)c1cc(F)cc([N+](=O)[O-])c1F. The summed E-state index contributed by atoms with van der Waals surface area (Å²) in [4.78, 5) is 21.2. The minimum Gasteiger partial charge on any atom is -0.305 e. The molecule has 0 saturated carbocycles. The number of benzene rings is 1. The maximum absolute atomic E-state index is 13.8. The normalized spacial score (nSPS) is 10.1. The Kier molecular flexibility index (Phi) is 3.60. The maximum Gasteiger partial charge on any atom is 0.308 e. The molecule has 102 valence electrons. The summed E-state index contributed by atoms with van der Waals surface area (Å²) in [5.74, 6) is -3.57. The quantitative estimate of drug-likeness (QED) is 0.684. The molecule has 0 spiro atoms. The van der Waals surface area contributed by atoms with E-state index in [-0.39, 0.29) is 5.82 Å². The monoisotopic (exact) mass is 280 g/mol. The van der Waals surface area contributed by atoms with Gasteiger partial charge < -0.3 is 5.32 Å². The fourth-order valence-electron chi connectivity index (χ4n) is 1.42. The Bertz CT molecular complexity index is 679. The van der Waals surface area contributed by atoms with E-state index in [1.54, 1.807) is 0 Å². The Morgan fingerprint density at radius 1 is 1.35 bits per heavy atom. The highest BCUT2D eigenvalue weighted by Crippen LogP contribution is 2.23. The van der Waals surface area contributed by atoms with E-state index in [1.165, 1.54) is 18.3 Å². The van der Waals surface area contributed by atoms with Crippen LogP contribution in [0.15, 0.2) is 30.5 Å². The highest BCUT2D eigenvalue weighted by atomic mass is 19.1. The number of rotatable bonds is 3. The van der Waals surface area contributed by atoms with Crippen LogP contribution in [0.4, 0.5) is 20.3 Å². The fourth-order valence-corrected chi connectivity index (χ4v) is 1.42. The second kappa shape index (κ2) is 5.34. The lowest BCUT2D eigenvalue weighted by molar-refractivity contribution is -0.387. The van der Waals surface area contributed by atoms with Crippen molar-refractivity contribution in [2.75, 3.05) is 5.32 Å². The first kappa shape index (κ1) is 13.5. The van der Waals surface area contributed by atoms with Gasteiger partial charge in [-0.15, -0.1) is 5.10 Å². The number of nitro groups is 1. The van der Waals surface area contributed by atoms with E-state index in [9.17, 15) is 23.7 Å². The van der Waals surface area contributed by atoms with Crippen molar-refractivity contribution in [2.24, 2.45) is 0 Å². The molecule has 7 nitrogen and oxygen atoms in total. The van der Waals surface area contributed by atoms with E-state index in [2.05, 4.69) is 15.5 Å². The van der Waals surface area contributed by atoms with Crippen molar-refractivity contribution < 1.29 is 18.5 Å². The van der Waals surface area contributed by atoms with E-state index in [0.29, 0.717) is 12.1 Å². The largest absolute Gasteiger partial charge is 0.308 e. The summed E-state index contributed by atoms with van der Waals surface area (Å²) < 4.78 is 26.9. The van der Waals surface area contributed by atoms with E-state index < -0.39 is 33.7 Å². The number of halogens is 2. The summed E-state index contributed by atoms with van der Waals surface area (Å²) in [7, 11) is 0. The molecular formula is C11H6F2N4O3. The molecule has 2 rings (SSSR count). The van der Waals surface area contributed by atoms with E-state index in [1.807, 2.05) is 0 Å². The molecule has 0 saturated heterocycles. The molecular weight excluding hydrogens is 274 g/mol. The smallest absolute Gasteiger partial charge is 0.305 e. The third kappa shape index (κ3) is 2.71. The summed E-state index contributed by atoms with van der Waals surface area (Å²) in [6, 6.07) is 3.80. The Hall–Kier alpha value is -2.97. The Balaban J connectivity index is 2.37. The molecule has 1 amide bonds. The predicted octanol–water partition coefficient (Wildman–Crippen LogP) is 1.92. The lowest BCUT2D eigenvalue weighted by atomic mass is 10.1. The molecule has 9 heteroatoms. The number of amides is 1. The Morgan fingerprint density at radius 3 is 2.70 bits per heavy atom. The average Bonchev–Trinajstić information content (AvgIpc) is 2.41. The molecule has 0 aliphatic carbocycles. The van der Waals surface area contributed by atoms with Crippen molar-refractivity contribution in [2.45, 2.75) is 0 Å². The van der Waals surface area contributed by atoms with E-state index >= 15 is 0 Å². The van der Waals surface area contributed by atoms with Crippen LogP contribution in [0.2, 0.25) is 0 Å². The number of hydrogen-bond donors (Lipinski definition) is 1. The molecule has 1 aromatic carbocycles. The van der Waals surface area contributed by atoms with Gasteiger partial charge in [0.15, 0.2) is 5.82 Å². The third-order valence-corrected chi connectivity index (χ3v) is 2.27. The summed E-state index contributed by atoms with van der Waals surface area (Å²) in [6.45, 7) is 0. The average molecular weight is 280 g/mol. The second-order valence-corrected chi connectivity index (χ2v) is 3.61. The summed E-state index contributed by atoms with van der Waals surface area (Å²) in [6.07, 6.45) is 1.35. The maximum atomic E-state index is 13.8. The Labute approximate surface area is 110 Å². The number of carbonyl (C=O) groups excluding carboxylic acids is 1. The lowest BCUT2D eigenvalue weighted by Crippen LogP contribution is -2.16. The van der Waals surface area contributed by atoms with E-state index in [4.69, 9.17) is 0 Å². The number of nitrogens with zero attached hydrogens (tertiary/aromatic N) is 3. The molecule has 20 heavy (non-hydrogen) atoms. The van der Waals surface area contributed by atoms with Crippen molar-refractivity contribution in [3.63, 3.8) is 0 Å².